The summed E-state index contributed by atoms with van der Waals surface area (Å²) in [4.78, 5) is 12.5. The number of fused-ring (bicyclic) bond motifs is 1. The zero-order chi connectivity index (χ0) is 17.1. The SMILES string of the molecule is COC(=O)c1cc(SCc2ccccc2)c2cn(C(F)F)nc2c1. The Morgan fingerprint density at radius 1 is 1.29 bits per heavy atom. The zero-order valence-electron chi connectivity index (χ0n) is 12.8. The van der Waals surface area contributed by atoms with Crippen molar-refractivity contribution in [2.24, 2.45) is 0 Å². The fourth-order valence-corrected chi connectivity index (χ4v) is 3.34. The van der Waals surface area contributed by atoms with Gasteiger partial charge in [-0.3, -0.25) is 0 Å². The Hall–Kier alpha value is -2.41. The third-order valence-electron chi connectivity index (χ3n) is 3.46. The zero-order valence-corrected chi connectivity index (χ0v) is 13.6. The molecule has 0 unspecified atom stereocenters. The standard InChI is InChI=1S/C17H14F2N2O2S/c1-23-16(22)12-7-14-13(9-21(20-14)17(18)19)15(8-12)24-10-11-5-3-2-4-6-11/h2-9,17H,10H2,1H3. The molecule has 1 heterocycles. The molecule has 1 aromatic heterocycles. The van der Waals surface area contributed by atoms with E-state index in [2.05, 4.69) is 5.10 Å². The van der Waals surface area contributed by atoms with Crippen LogP contribution in [0.25, 0.3) is 10.9 Å². The number of hydrogen-bond acceptors (Lipinski definition) is 4. The lowest BCUT2D eigenvalue weighted by molar-refractivity contribution is 0.0573. The van der Waals surface area contributed by atoms with Crippen molar-refractivity contribution < 1.29 is 18.3 Å². The smallest absolute Gasteiger partial charge is 0.337 e. The van der Waals surface area contributed by atoms with Gasteiger partial charge in [-0.05, 0) is 17.7 Å². The number of rotatable bonds is 5. The minimum atomic E-state index is -2.73. The van der Waals surface area contributed by atoms with E-state index in [-0.39, 0.29) is 0 Å². The normalized spacial score (nSPS) is 11.2. The van der Waals surface area contributed by atoms with E-state index in [0.29, 0.717) is 31.8 Å². The van der Waals surface area contributed by atoms with E-state index in [4.69, 9.17) is 4.74 Å². The molecular weight excluding hydrogens is 334 g/mol. The van der Waals surface area contributed by atoms with Gasteiger partial charge in [-0.15, -0.1) is 11.8 Å². The molecule has 3 rings (SSSR count). The molecule has 0 saturated carbocycles. The van der Waals surface area contributed by atoms with Crippen molar-refractivity contribution in [3.05, 3.63) is 59.8 Å². The number of esters is 1. The maximum atomic E-state index is 12.9. The van der Waals surface area contributed by atoms with Crippen LogP contribution < -0.4 is 0 Å². The molecule has 4 nitrogen and oxygen atoms in total. The largest absolute Gasteiger partial charge is 0.465 e. The molecule has 0 aliphatic carbocycles. The fourth-order valence-electron chi connectivity index (χ4n) is 2.30. The number of thioether (sulfide) groups is 1. The average molecular weight is 348 g/mol. The van der Waals surface area contributed by atoms with Gasteiger partial charge in [0.25, 0.3) is 0 Å². The third kappa shape index (κ3) is 3.41. The first-order valence-corrected chi connectivity index (χ1v) is 8.13. The molecule has 0 spiro atoms. The van der Waals surface area contributed by atoms with Crippen molar-refractivity contribution in [3.63, 3.8) is 0 Å². The van der Waals surface area contributed by atoms with E-state index in [1.54, 1.807) is 6.07 Å². The lowest BCUT2D eigenvalue weighted by Crippen LogP contribution is -2.01. The predicted octanol–water partition coefficient (Wildman–Crippen LogP) is 4.51. The van der Waals surface area contributed by atoms with Crippen LogP contribution in [-0.2, 0) is 10.5 Å². The summed E-state index contributed by atoms with van der Waals surface area (Å²) in [5.41, 5.74) is 1.73. The summed E-state index contributed by atoms with van der Waals surface area (Å²) in [7, 11) is 1.28. The molecule has 0 radical (unpaired) electrons. The number of hydrogen-bond donors (Lipinski definition) is 0. The molecule has 0 N–H and O–H groups in total. The van der Waals surface area contributed by atoms with Crippen LogP contribution in [0.4, 0.5) is 8.78 Å². The van der Waals surface area contributed by atoms with Gasteiger partial charge in [0.2, 0.25) is 0 Å². The second-order valence-corrected chi connectivity index (χ2v) is 6.08. The van der Waals surface area contributed by atoms with E-state index in [9.17, 15) is 13.6 Å². The molecule has 0 amide bonds. The highest BCUT2D eigenvalue weighted by Crippen LogP contribution is 2.32. The number of halogens is 2. The molecule has 24 heavy (non-hydrogen) atoms. The van der Waals surface area contributed by atoms with Gasteiger partial charge < -0.3 is 4.74 Å². The minimum absolute atomic E-state index is 0.292. The molecule has 0 atom stereocenters. The molecule has 0 aliphatic rings. The van der Waals surface area contributed by atoms with Gasteiger partial charge in [0.05, 0.1) is 18.2 Å². The molecule has 124 valence electrons. The second kappa shape index (κ2) is 7.00. The van der Waals surface area contributed by atoms with Crippen LogP contribution in [0.3, 0.4) is 0 Å². The Bertz CT molecular complexity index is 866. The molecule has 3 aromatic rings. The summed E-state index contributed by atoms with van der Waals surface area (Å²) in [6.45, 7) is -2.73. The maximum Gasteiger partial charge on any atom is 0.337 e. The molecule has 0 fully saturated rings. The fraction of sp³-hybridized carbons (Fsp3) is 0.176. The number of nitrogens with zero attached hydrogens (tertiary/aromatic N) is 2. The number of benzene rings is 2. The van der Waals surface area contributed by atoms with Crippen molar-refractivity contribution >= 4 is 28.6 Å². The molecule has 7 heteroatoms. The first-order valence-electron chi connectivity index (χ1n) is 7.14. The quantitative estimate of drug-likeness (QED) is 0.503. The van der Waals surface area contributed by atoms with Gasteiger partial charge in [-0.2, -0.15) is 13.9 Å². The van der Waals surface area contributed by atoms with E-state index in [1.165, 1.54) is 31.1 Å². The van der Waals surface area contributed by atoms with Crippen LogP contribution in [0.5, 0.6) is 0 Å². The summed E-state index contributed by atoms with van der Waals surface area (Å²) in [5.74, 6) is 0.130. The topological polar surface area (TPSA) is 44.1 Å². The lowest BCUT2D eigenvalue weighted by atomic mass is 10.1. The van der Waals surface area contributed by atoms with Crippen LogP contribution >= 0.6 is 11.8 Å². The Balaban J connectivity index is 2.00. The Morgan fingerprint density at radius 3 is 2.71 bits per heavy atom. The van der Waals surface area contributed by atoms with E-state index in [1.807, 2.05) is 30.3 Å². The lowest BCUT2D eigenvalue weighted by Gasteiger charge is -2.06. The van der Waals surface area contributed by atoms with Gasteiger partial charge in [0, 0.05) is 22.2 Å². The number of carbonyl (C=O) groups excluding carboxylic acids is 1. The van der Waals surface area contributed by atoms with Gasteiger partial charge in [0.1, 0.15) is 0 Å². The van der Waals surface area contributed by atoms with Gasteiger partial charge in [0.15, 0.2) is 0 Å². The van der Waals surface area contributed by atoms with Crippen molar-refractivity contribution in [2.45, 2.75) is 17.2 Å². The van der Waals surface area contributed by atoms with Crippen LogP contribution in [0.15, 0.2) is 53.6 Å². The highest BCUT2D eigenvalue weighted by molar-refractivity contribution is 7.98. The molecule has 2 aromatic carbocycles. The Kier molecular flexibility index (Phi) is 4.80. The maximum absolute atomic E-state index is 12.9. The number of carbonyl (C=O) groups is 1. The Morgan fingerprint density at radius 2 is 2.04 bits per heavy atom. The number of ether oxygens (including phenoxy) is 1. The van der Waals surface area contributed by atoms with Crippen molar-refractivity contribution in [3.8, 4) is 0 Å². The van der Waals surface area contributed by atoms with Crippen molar-refractivity contribution in [1.82, 2.24) is 9.78 Å². The van der Waals surface area contributed by atoms with E-state index >= 15 is 0 Å². The first-order chi connectivity index (χ1) is 11.6. The summed E-state index contributed by atoms with van der Waals surface area (Å²) < 4.78 is 31.2. The summed E-state index contributed by atoms with van der Waals surface area (Å²) in [5, 5.41) is 4.44. The van der Waals surface area contributed by atoms with Crippen LogP contribution in [0.1, 0.15) is 22.5 Å². The third-order valence-corrected chi connectivity index (χ3v) is 4.59. The highest BCUT2D eigenvalue weighted by Gasteiger charge is 2.16. The Labute approximate surface area is 141 Å². The van der Waals surface area contributed by atoms with Crippen LogP contribution in [0, 0.1) is 0 Å². The molecule has 0 saturated heterocycles. The van der Waals surface area contributed by atoms with Gasteiger partial charge >= 0.3 is 12.5 Å². The van der Waals surface area contributed by atoms with Crippen molar-refractivity contribution in [2.75, 3.05) is 7.11 Å². The molecular formula is C17H14F2N2O2S. The van der Waals surface area contributed by atoms with E-state index in [0.717, 1.165) is 5.56 Å². The van der Waals surface area contributed by atoms with Gasteiger partial charge in [-0.25, -0.2) is 9.48 Å². The summed E-state index contributed by atoms with van der Waals surface area (Å²) >= 11 is 1.46. The predicted molar refractivity (Wildman–Crippen MR) is 88.3 cm³/mol. The number of methoxy groups -OCH3 is 1. The highest BCUT2D eigenvalue weighted by atomic mass is 32.2. The summed E-state index contributed by atoms with van der Waals surface area (Å²) in [6.07, 6.45) is 1.30. The summed E-state index contributed by atoms with van der Waals surface area (Å²) in [6, 6.07) is 12.9. The second-order valence-electron chi connectivity index (χ2n) is 5.06. The minimum Gasteiger partial charge on any atom is -0.465 e. The molecule has 0 bridgehead atoms. The van der Waals surface area contributed by atoms with Crippen LogP contribution in [-0.4, -0.2) is 22.9 Å². The molecule has 0 aliphatic heterocycles. The monoisotopic (exact) mass is 348 g/mol. The number of aromatic nitrogens is 2. The van der Waals surface area contributed by atoms with Gasteiger partial charge in [-0.1, -0.05) is 30.3 Å². The van der Waals surface area contributed by atoms with Crippen molar-refractivity contribution in [1.29, 1.82) is 0 Å². The average Bonchev–Trinajstić information content (AvgIpc) is 3.04. The first kappa shape index (κ1) is 16.4. The van der Waals surface area contributed by atoms with E-state index < -0.39 is 12.5 Å². The number of alkyl halides is 2. The van der Waals surface area contributed by atoms with Crippen LogP contribution in [0.2, 0.25) is 0 Å².